The predicted molar refractivity (Wildman–Crippen MR) is 66.5 cm³/mol. The van der Waals surface area contributed by atoms with Gasteiger partial charge in [-0.25, -0.2) is 17.5 Å². The number of aliphatic hydroxyl groups is 1. The summed E-state index contributed by atoms with van der Waals surface area (Å²) in [4.78, 5) is -0.440. The lowest BCUT2D eigenvalue weighted by Crippen LogP contribution is -2.40. The quantitative estimate of drug-likeness (QED) is 0.858. The van der Waals surface area contributed by atoms with Crippen molar-refractivity contribution in [1.29, 1.82) is 0 Å². The van der Waals surface area contributed by atoms with Gasteiger partial charge in [-0.1, -0.05) is 6.07 Å². The standard InChI is InChI=1S/C12H16FNO4S/c13-11-4-3-9(7-15)6-12(11)19(16,17)14-10-2-1-5-18-8-10/h3-4,6,10,14-15H,1-2,5,7-8H2. The van der Waals surface area contributed by atoms with Crippen LogP contribution in [0.3, 0.4) is 0 Å². The molecule has 1 aliphatic heterocycles. The van der Waals surface area contributed by atoms with Gasteiger partial charge in [0.2, 0.25) is 10.0 Å². The molecule has 1 aromatic rings. The smallest absolute Gasteiger partial charge is 0.243 e. The zero-order valence-corrected chi connectivity index (χ0v) is 11.1. The van der Waals surface area contributed by atoms with Gasteiger partial charge in [-0.3, -0.25) is 0 Å². The van der Waals surface area contributed by atoms with E-state index in [1.54, 1.807) is 0 Å². The van der Waals surface area contributed by atoms with Crippen molar-refractivity contribution in [3.05, 3.63) is 29.6 Å². The molecule has 2 rings (SSSR count). The van der Waals surface area contributed by atoms with Crippen molar-refractivity contribution >= 4 is 10.0 Å². The largest absolute Gasteiger partial charge is 0.392 e. The molecule has 1 unspecified atom stereocenters. The van der Waals surface area contributed by atoms with E-state index in [1.165, 1.54) is 6.07 Å². The second-order valence-electron chi connectivity index (χ2n) is 4.46. The van der Waals surface area contributed by atoms with Crippen LogP contribution in [0.4, 0.5) is 4.39 Å². The van der Waals surface area contributed by atoms with Gasteiger partial charge in [-0.05, 0) is 30.5 Å². The Morgan fingerprint density at radius 1 is 1.47 bits per heavy atom. The van der Waals surface area contributed by atoms with Crippen LogP contribution in [0.15, 0.2) is 23.1 Å². The fourth-order valence-electron chi connectivity index (χ4n) is 1.97. The number of hydrogen-bond donors (Lipinski definition) is 2. The zero-order valence-electron chi connectivity index (χ0n) is 10.3. The van der Waals surface area contributed by atoms with Gasteiger partial charge in [0.05, 0.1) is 13.2 Å². The van der Waals surface area contributed by atoms with E-state index in [4.69, 9.17) is 9.84 Å². The molecule has 106 valence electrons. The Bertz CT molecular complexity index is 541. The van der Waals surface area contributed by atoms with Crippen LogP contribution < -0.4 is 4.72 Å². The van der Waals surface area contributed by atoms with Crippen LogP contribution in [-0.4, -0.2) is 32.8 Å². The van der Waals surface area contributed by atoms with Gasteiger partial charge >= 0.3 is 0 Å². The third-order valence-corrected chi connectivity index (χ3v) is 4.49. The van der Waals surface area contributed by atoms with Crippen LogP contribution in [0, 0.1) is 5.82 Å². The second-order valence-corrected chi connectivity index (χ2v) is 6.14. The van der Waals surface area contributed by atoms with Crippen molar-refractivity contribution in [3.8, 4) is 0 Å². The molecule has 0 amide bonds. The Morgan fingerprint density at radius 2 is 2.26 bits per heavy atom. The molecule has 0 bridgehead atoms. The van der Waals surface area contributed by atoms with Gasteiger partial charge in [0.1, 0.15) is 10.7 Å². The molecule has 1 heterocycles. The molecule has 1 saturated heterocycles. The minimum atomic E-state index is -3.94. The number of benzene rings is 1. The zero-order chi connectivity index (χ0) is 13.9. The molecule has 1 aliphatic rings. The monoisotopic (exact) mass is 289 g/mol. The van der Waals surface area contributed by atoms with Gasteiger partial charge in [0.15, 0.2) is 0 Å². The van der Waals surface area contributed by atoms with Gasteiger partial charge in [0.25, 0.3) is 0 Å². The Morgan fingerprint density at radius 3 is 2.89 bits per heavy atom. The highest BCUT2D eigenvalue weighted by Gasteiger charge is 2.25. The lowest BCUT2D eigenvalue weighted by Gasteiger charge is -2.23. The Hall–Kier alpha value is -1.02. The number of halogens is 1. The Balaban J connectivity index is 2.23. The molecule has 0 spiro atoms. The number of sulfonamides is 1. The summed E-state index contributed by atoms with van der Waals surface area (Å²) in [5, 5.41) is 8.98. The van der Waals surface area contributed by atoms with Crippen molar-refractivity contribution < 1.29 is 22.7 Å². The molecular formula is C12H16FNO4S. The number of ether oxygens (including phenoxy) is 1. The summed E-state index contributed by atoms with van der Waals surface area (Å²) < 4.78 is 45.4. The molecule has 0 aliphatic carbocycles. The van der Waals surface area contributed by atoms with Gasteiger partial charge in [-0.15, -0.1) is 0 Å². The van der Waals surface area contributed by atoms with E-state index in [1.807, 2.05) is 0 Å². The lowest BCUT2D eigenvalue weighted by molar-refractivity contribution is 0.0774. The van der Waals surface area contributed by atoms with Crippen LogP contribution in [-0.2, 0) is 21.4 Å². The Labute approximate surface area is 111 Å². The average molecular weight is 289 g/mol. The van der Waals surface area contributed by atoms with Crippen LogP contribution in [0.25, 0.3) is 0 Å². The fourth-order valence-corrected chi connectivity index (χ4v) is 3.35. The lowest BCUT2D eigenvalue weighted by atomic mass is 10.1. The summed E-state index contributed by atoms with van der Waals surface area (Å²) in [6, 6.07) is 3.19. The molecular weight excluding hydrogens is 273 g/mol. The number of nitrogens with one attached hydrogen (secondary N) is 1. The number of aliphatic hydroxyl groups excluding tert-OH is 1. The molecule has 5 nitrogen and oxygen atoms in total. The maximum Gasteiger partial charge on any atom is 0.243 e. The highest BCUT2D eigenvalue weighted by molar-refractivity contribution is 7.89. The minimum Gasteiger partial charge on any atom is -0.392 e. The molecule has 7 heteroatoms. The van der Waals surface area contributed by atoms with E-state index in [0.29, 0.717) is 25.2 Å². The first-order chi connectivity index (χ1) is 9.03. The van der Waals surface area contributed by atoms with Crippen LogP contribution in [0.2, 0.25) is 0 Å². The maximum absolute atomic E-state index is 13.6. The summed E-state index contributed by atoms with van der Waals surface area (Å²) >= 11 is 0. The van der Waals surface area contributed by atoms with Gasteiger partial charge in [0, 0.05) is 12.6 Å². The summed E-state index contributed by atoms with van der Waals surface area (Å²) in [7, 11) is -3.94. The SMILES string of the molecule is O=S(=O)(NC1CCCOC1)c1cc(CO)ccc1F. The van der Waals surface area contributed by atoms with E-state index in [9.17, 15) is 12.8 Å². The number of hydrogen-bond acceptors (Lipinski definition) is 4. The van der Waals surface area contributed by atoms with Crippen molar-refractivity contribution in [2.24, 2.45) is 0 Å². The van der Waals surface area contributed by atoms with E-state index in [2.05, 4.69) is 4.72 Å². The van der Waals surface area contributed by atoms with Crippen molar-refractivity contribution in [2.45, 2.75) is 30.4 Å². The number of rotatable bonds is 4. The van der Waals surface area contributed by atoms with E-state index in [0.717, 1.165) is 18.6 Å². The fraction of sp³-hybridized carbons (Fsp3) is 0.500. The highest BCUT2D eigenvalue weighted by atomic mass is 32.2. The van der Waals surface area contributed by atoms with Gasteiger partial charge in [-0.2, -0.15) is 0 Å². The first-order valence-electron chi connectivity index (χ1n) is 6.02. The second kappa shape index (κ2) is 5.96. The first kappa shape index (κ1) is 14.4. The molecule has 1 aromatic carbocycles. The summed E-state index contributed by atoms with van der Waals surface area (Å²) in [5.74, 6) is -0.832. The summed E-state index contributed by atoms with van der Waals surface area (Å²) in [6.07, 6.45) is 1.44. The topological polar surface area (TPSA) is 75.6 Å². The molecule has 0 saturated carbocycles. The molecule has 19 heavy (non-hydrogen) atoms. The van der Waals surface area contributed by atoms with Crippen molar-refractivity contribution in [2.75, 3.05) is 13.2 Å². The molecule has 1 atom stereocenters. The predicted octanol–water partition coefficient (Wildman–Crippen LogP) is 0.775. The summed E-state index contributed by atoms with van der Waals surface area (Å²) in [6.45, 7) is 0.572. The molecule has 1 fully saturated rings. The normalized spacial score (nSPS) is 20.4. The first-order valence-corrected chi connectivity index (χ1v) is 7.50. The summed E-state index contributed by atoms with van der Waals surface area (Å²) in [5.41, 5.74) is 0.349. The van der Waals surface area contributed by atoms with Crippen molar-refractivity contribution in [3.63, 3.8) is 0 Å². The van der Waals surface area contributed by atoms with E-state index < -0.39 is 20.7 Å². The molecule has 0 radical (unpaired) electrons. The van der Waals surface area contributed by atoms with E-state index in [-0.39, 0.29) is 12.6 Å². The van der Waals surface area contributed by atoms with Crippen LogP contribution in [0.5, 0.6) is 0 Å². The molecule has 2 N–H and O–H groups in total. The maximum atomic E-state index is 13.6. The minimum absolute atomic E-state index is 0.292. The van der Waals surface area contributed by atoms with E-state index >= 15 is 0 Å². The van der Waals surface area contributed by atoms with Gasteiger partial charge < -0.3 is 9.84 Å². The molecule has 0 aromatic heterocycles. The third kappa shape index (κ3) is 3.50. The highest BCUT2D eigenvalue weighted by Crippen LogP contribution is 2.18. The third-order valence-electron chi connectivity index (χ3n) is 2.95. The van der Waals surface area contributed by atoms with Crippen LogP contribution in [0.1, 0.15) is 18.4 Å². The van der Waals surface area contributed by atoms with Crippen molar-refractivity contribution in [1.82, 2.24) is 4.72 Å². The Kier molecular flexibility index (Phi) is 4.51. The average Bonchev–Trinajstić information content (AvgIpc) is 2.39. The van der Waals surface area contributed by atoms with Crippen LogP contribution >= 0.6 is 0 Å².